The molecular weight excluding hydrogens is 400 g/mol. The van der Waals surface area contributed by atoms with E-state index in [1.54, 1.807) is 18.0 Å². The molecule has 0 saturated carbocycles. The molecular formula is C26H34N4S. The fraction of sp³-hybridized carbons (Fsp3) is 0.346. The molecule has 1 N–H and O–H groups in total. The molecule has 4 nitrogen and oxygen atoms in total. The standard InChI is InChI=1S/C26H34N4S/c1-9-11-12-14-20(5)31-30-25-21-15-16-22(26(6,7)8)27-24(21)28-23(29-25)19(4)17-18(3)13-10-2/h9-11,13-17H,2,12H2,1,3-8H3,(H,27,28,29,30)/b11-9-,18-13-,19-17+,20-14?. The maximum atomic E-state index is 4.87. The highest BCUT2D eigenvalue weighted by Gasteiger charge is 2.18. The second-order valence-corrected chi connectivity index (χ2v) is 9.56. The number of allylic oxidation sites excluding steroid dienone is 9. The van der Waals surface area contributed by atoms with Gasteiger partial charge in [-0.3, -0.25) is 0 Å². The Morgan fingerprint density at radius 3 is 2.52 bits per heavy atom. The summed E-state index contributed by atoms with van der Waals surface area (Å²) in [6.07, 6.45) is 13.1. The van der Waals surface area contributed by atoms with Gasteiger partial charge >= 0.3 is 0 Å². The van der Waals surface area contributed by atoms with E-state index in [9.17, 15) is 0 Å². The molecule has 2 rings (SSSR count). The van der Waals surface area contributed by atoms with Gasteiger partial charge < -0.3 is 4.72 Å². The summed E-state index contributed by atoms with van der Waals surface area (Å²) in [5.74, 6) is 1.44. The first-order valence-corrected chi connectivity index (χ1v) is 11.4. The van der Waals surface area contributed by atoms with E-state index in [-0.39, 0.29) is 5.41 Å². The molecule has 0 aromatic carbocycles. The lowest BCUT2D eigenvalue weighted by Gasteiger charge is -2.18. The lowest BCUT2D eigenvalue weighted by molar-refractivity contribution is 0.571. The molecule has 0 unspecified atom stereocenters. The van der Waals surface area contributed by atoms with Crippen molar-refractivity contribution >= 4 is 34.4 Å². The van der Waals surface area contributed by atoms with Crippen molar-refractivity contribution in [1.82, 2.24) is 15.0 Å². The molecule has 0 aliphatic heterocycles. The Kier molecular flexibility index (Phi) is 8.81. The molecule has 31 heavy (non-hydrogen) atoms. The molecule has 0 saturated heterocycles. The summed E-state index contributed by atoms with van der Waals surface area (Å²) >= 11 is 1.56. The SMILES string of the molecule is C=C/C=C(C)\C=C(/C)c1nc(NSC(C)=CC/C=C\C)c2ccc(C(C)(C)C)nc2n1. The summed E-state index contributed by atoms with van der Waals surface area (Å²) in [6, 6.07) is 4.13. The van der Waals surface area contributed by atoms with Crippen LogP contribution in [0, 0.1) is 0 Å². The van der Waals surface area contributed by atoms with Crippen molar-refractivity contribution in [2.45, 2.75) is 60.3 Å². The normalized spacial score (nSPS) is 13.8. The second kappa shape index (κ2) is 11.1. The van der Waals surface area contributed by atoms with E-state index in [4.69, 9.17) is 15.0 Å². The molecule has 0 aliphatic rings. The van der Waals surface area contributed by atoms with Gasteiger partial charge in [-0.05, 0) is 68.7 Å². The van der Waals surface area contributed by atoms with Gasteiger partial charge in [0.05, 0.1) is 5.39 Å². The quantitative estimate of drug-likeness (QED) is 0.261. The highest BCUT2D eigenvalue weighted by molar-refractivity contribution is 8.04. The largest absolute Gasteiger partial charge is 0.310 e. The zero-order valence-electron chi connectivity index (χ0n) is 19.8. The average molecular weight is 435 g/mol. The van der Waals surface area contributed by atoms with E-state index in [2.05, 4.69) is 75.4 Å². The van der Waals surface area contributed by atoms with E-state index < -0.39 is 0 Å². The summed E-state index contributed by atoms with van der Waals surface area (Å²) < 4.78 is 3.42. The first kappa shape index (κ1) is 24.6. The molecule has 0 amide bonds. The van der Waals surface area contributed by atoms with Crippen LogP contribution in [0.25, 0.3) is 16.6 Å². The van der Waals surface area contributed by atoms with E-state index in [1.165, 1.54) is 4.91 Å². The predicted molar refractivity (Wildman–Crippen MR) is 138 cm³/mol. The van der Waals surface area contributed by atoms with Crippen LogP contribution in [0.2, 0.25) is 0 Å². The first-order valence-electron chi connectivity index (χ1n) is 10.5. The molecule has 0 bridgehead atoms. The number of rotatable bonds is 8. The van der Waals surface area contributed by atoms with Gasteiger partial charge in [-0.15, -0.1) is 0 Å². The molecule has 2 aromatic rings. The van der Waals surface area contributed by atoms with Gasteiger partial charge in [-0.1, -0.05) is 69.4 Å². The number of fused-ring (bicyclic) bond motifs is 1. The van der Waals surface area contributed by atoms with Crippen LogP contribution in [0.5, 0.6) is 0 Å². The minimum absolute atomic E-state index is 0.0536. The van der Waals surface area contributed by atoms with Crippen LogP contribution < -0.4 is 4.72 Å². The Bertz CT molecular complexity index is 1050. The lowest BCUT2D eigenvalue weighted by atomic mass is 9.91. The summed E-state index contributed by atoms with van der Waals surface area (Å²) in [4.78, 5) is 15.7. The summed E-state index contributed by atoms with van der Waals surface area (Å²) in [5.41, 5.74) is 3.74. The summed E-state index contributed by atoms with van der Waals surface area (Å²) in [6.45, 7) is 18.4. The zero-order valence-corrected chi connectivity index (χ0v) is 20.6. The third-order valence-electron chi connectivity index (χ3n) is 4.59. The number of hydrogen-bond donors (Lipinski definition) is 1. The molecule has 0 atom stereocenters. The monoisotopic (exact) mass is 434 g/mol. The van der Waals surface area contributed by atoms with Crippen molar-refractivity contribution in [3.05, 3.63) is 77.2 Å². The Morgan fingerprint density at radius 2 is 1.87 bits per heavy atom. The van der Waals surface area contributed by atoms with Gasteiger partial charge in [0, 0.05) is 11.1 Å². The van der Waals surface area contributed by atoms with Crippen LogP contribution in [-0.4, -0.2) is 15.0 Å². The molecule has 0 fully saturated rings. The number of anilines is 1. The van der Waals surface area contributed by atoms with Crippen LogP contribution >= 0.6 is 11.9 Å². The highest BCUT2D eigenvalue weighted by atomic mass is 32.2. The topological polar surface area (TPSA) is 50.7 Å². The third kappa shape index (κ3) is 7.21. The molecule has 2 aromatic heterocycles. The Hall–Kier alpha value is -2.66. The molecule has 2 heterocycles. The minimum atomic E-state index is -0.0536. The second-order valence-electron chi connectivity index (χ2n) is 8.51. The van der Waals surface area contributed by atoms with Crippen molar-refractivity contribution in [1.29, 1.82) is 0 Å². The Balaban J connectivity index is 2.53. The molecule has 0 radical (unpaired) electrons. The van der Waals surface area contributed by atoms with Crippen LogP contribution in [0.15, 0.2) is 65.6 Å². The number of nitrogens with zero attached hydrogens (tertiary/aromatic N) is 3. The average Bonchev–Trinajstić information content (AvgIpc) is 2.71. The molecule has 0 spiro atoms. The predicted octanol–water partition coefficient (Wildman–Crippen LogP) is 7.79. The number of aromatic nitrogens is 3. The van der Waals surface area contributed by atoms with Gasteiger partial charge in [0.15, 0.2) is 11.5 Å². The maximum Gasteiger partial charge on any atom is 0.165 e. The van der Waals surface area contributed by atoms with Crippen LogP contribution in [0.1, 0.15) is 66.4 Å². The highest BCUT2D eigenvalue weighted by Crippen LogP contribution is 2.29. The fourth-order valence-corrected chi connectivity index (χ4v) is 3.46. The van der Waals surface area contributed by atoms with Crippen molar-refractivity contribution in [3.8, 4) is 0 Å². The minimum Gasteiger partial charge on any atom is -0.310 e. The van der Waals surface area contributed by atoms with Gasteiger partial charge in [0.25, 0.3) is 0 Å². The van der Waals surface area contributed by atoms with E-state index in [0.717, 1.165) is 34.5 Å². The first-order chi connectivity index (χ1) is 14.7. The Morgan fingerprint density at radius 1 is 1.13 bits per heavy atom. The van der Waals surface area contributed by atoms with Gasteiger partial charge in [-0.25, -0.2) is 15.0 Å². The summed E-state index contributed by atoms with van der Waals surface area (Å²) in [5, 5.41) is 0.914. The lowest BCUT2D eigenvalue weighted by Crippen LogP contribution is -2.14. The van der Waals surface area contributed by atoms with Crippen molar-refractivity contribution < 1.29 is 0 Å². The molecule has 0 aliphatic carbocycles. The van der Waals surface area contributed by atoms with Crippen LogP contribution in [-0.2, 0) is 5.41 Å². The van der Waals surface area contributed by atoms with Crippen molar-refractivity contribution in [2.24, 2.45) is 0 Å². The summed E-state index contributed by atoms with van der Waals surface area (Å²) in [7, 11) is 0. The van der Waals surface area contributed by atoms with Crippen molar-refractivity contribution in [3.63, 3.8) is 0 Å². The molecule has 5 heteroatoms. The fourth-order valence-electron chi connectivity index (χ4n) is 2.86. The van der Waals surface area contributed by atoms with E-state index in [0.29, 0.717) is 11.5 Å². The van der Waals surface area contributed by atoms with E-state index in [1.807, 2.05) is 26.8 Å². The van der Waals surface area contributed by atoms with E-state index >= 15 is 0 Å². The maximum absolute atomic E-state index is 4.87. The van der Waals surface area contributed by atoms with Crippen LogP contribution in [0.3, 0.4) is 0 Å². The van der Waals surface area contributed by atoms with Gasteiger partial charge in [0.2, 0.25) is 0 Å². The zero-order chi connectivity index (χ0) is 23.0. The third-order valence-corrected chi connectivity index (χ3v) is 5.38. The van der Waals surface area contributed by atoms with Gasteiger partial charge in [-0.2, -0.15) is 0 Å². The number of hydrogen-bond acceptors (Lipinski definition) is 5. The smallest absolute Gasteiger partial charge is 0.165 e. The molecule has 164 valence electrons. The Labute approximate surface area is 191 Å². The number of pyridine rings is 1. The van der Waals surface area contributed by atoms with Crippen LogP contribution in [0.4, 0.5) is 5.82 Å². The van der Waals surface area contributed by atoms with Gasteiger partial charge in [0.1, 0.15) is 5.82 Å². The number of nitrogens with one attached hydrogen (secondary N) is 1. The van der Waals surface area contributed by atoms with Crippen molar-refractivity contribution in [2.75, 3.05) is 4.72 Å².